The predicted octanol–water partition coefficient (Wildman–Crippen LogP) is 3.30. The topological polar surface area (TPSA) is 75.6 Å². The Hall–Kier alpha value is -2.82. The Morgan fingerprint density at radius 1 is 1.11 bits per heavy atom. The van der Waals surface area contributed by atoms with E-state index in [1.54, 1.807) is 13.2 Å². The number of ether oxygens (including phenoxy) is 1. The lowest BCUT2D eigenvalue weighted by atomic mass is 9.98. The second-order valence-corrected chi connectivity index (χ2v) is 6.79. The van der Waals surface area contributed by atoms with Crippen molar-refractivity contribution in [3.63, 3.8) is 0 Å². The first-order valence-electron chi connectivity index (χ1n) is 9.08. The third-order valence-electron chi connectivity index (χ3n) is 4.67. The Balaban J connectivity index is 1.89. The van der Waals surface area contributed by atoms with Gasteiger partial charge in [-0.25, -0.2) is 0 Å². The van der Waals surface area contributed by atoms with Crippen LogP contribution >= 0.6 is 0 Å². The van der Waals surface area contributed by atoms with Crippen molar-refractivity contribution in [3.05, 3.63) is 64.7 Å². The van der Waals surface area contributed by atoms with Crippen LogP contribution in [-0.2, 0) is 22.4 Å². The summed E-state index contributed by atoms with van der Waals surface area (Å²) < 4.78 is 5.28. The average molecular weight is 369 g/mol. The molecule has 1 amide bonds. The van der Waals surface area contributed by atoms with Gasteiger partial charge in [-0.1, -0.05) is 42.0 Å². The molecule has 0 aliphatic rings. The second kappa shape index (κ2) is 9.76. The molecule has 2 aromatic carbocycles. The zero-order valence-electron chi connectivity index (χ0n) is 16.1. The zero-order valence-corrected chi connectivity index (χ0v) is 16.1. The van der Waals surface area contributed by atoms with Gasteiger partial charge in [0.1, 0.15) is 5.75 Å². The number of nitrogens with one attached hydrogen (secondary N) is 1. The SMILES string of the molecule is COc1ccccc1CC(CNC(=O)CCc1ccc(C)cc1C)C(=O)O. The molecule has 0 aromatic heterocycles. The summed E-state index contributed by atoms with van der Waals surface area (Å²) in [5.74, 6) is -1.12. The highest BCUT2D eigenvalue weighted by Gasteiger charge is 2.20. The molecule has 0 aliphatic heterocycles. The van der Waals surface area contributed by atoms with Gasteiger partial charge in [-0.2, -0.15) is 0 Å². The van der Waals surface area contributed by atoms with Gasteiger partial charge in [-0.05, 0) is 49.4 Å². The van der Waals surface area contributed by atoms with Crippen LogP contribution in [0.25, 0.3) is 0 Å². The standard InChI is InChI=1S/C22H27NO4/c1-15-8-9-17(16(2)12-15)10-11-21(24)23-14-19(22(25)26)13-18-6-4-5-7-20(18)27-3/h4-9,12,19H,10-11,13-14H2,1-3H3,(H,23,24)(H,25,26). The maximum atomic E-state index is 12.2. The molecule has 2 N–H and O–H groups in total. The molecule has 2 aromatic rings. The highest BCUT2D eigenvalue weighted by atomic mass is 16.5. The summed E-state index contributed by atoms with van der Waals surface area (Å²) in [4.78, 5) is 23.7. The summed E-state index contributed by atoms with van der Waals surface area (Å²) in [6.45, 7) is 4.17. The molecule has 1 unspecified atom stereocenters. The minimum atomic E-state index is -0.935. The third kappa shape index (κ3) is 6.13. The fourth-order valence-corrected chi connectivity index (χ4v) is 3.08. The molecule has 0 saturated carbocycles. The van der Waals surface area contributed by atoms with Gasteiger partial charge in [0.05, 0.1) is 13.0 Å². The van der Waals surface area contributed by atoms with Crippen molar-refractivity contribution < 1.29 is 19.4 Å². The van der Waals surface area contributed by atoms with Gasteiger partial charge in [0.15, 0.2) is 0 Å². The number of carboxylic acids is 1. The number of methoxy groups -OCH3 is 1. The van der Waals surface area contributed by atoms with Gasteiger partial charge >= 0.3 is 5.97 Å². The molecule has 2 rings (SSSR count). The summed E-state index contributed by atoms with van der Waals surface area (Å²) in [7, 11) is 1.56. The van der Waals surface area contributed by atoms with Crippen molar-refractivity contribution in [2.24, 2.45) is 5.92 Å². The van der Waals surface area contributed by atoms with Crippen LogP contribution in [0, 0.1) is 19.8 Å². The molecule has 1 atom stereocenters. The van der Waals surface area contributed by atoms with E-state index in [0.29, 0.717) is 25.0 Å². The highest BCUT2D eigenvalue weighted by Crippen LogP contribution is 2.21. The predicted molar refractivity (Wildman–Crippen MR) is 105 cm³/mol. The number of carboxylic acid groups (broad SMARTS) is 1. The van der Waals surface area contributed by atoms with Gasteiger partial charge in [0, 0.05) is 13.0 Å². The van der Waals surface area contributed by atoms with Crippen molar-refractivity contribution in [2.75, 3.05) is 13.7 Å². The van der Waals surface area contributed by atoms with E-state index in [-0.39, 0.29) is 12.5 Å². The average Bonchev–Trinajstić information content (AvgIpc) is 2.64. The molecule has 5 nitrogen and oxygen atoms in total. The first kappa shape index (κ1) is 20.5. The lowest BCUT2D eigenvalue weighted by Gasteiger charge is -2.15. The van der Waals surface area contributed by atoms with Crippen molar-refractivity contribution in [1.82, 2.24) is 5.32 Å². The lowest BCUT2D eigenvalue weighted by Crippen LogP contribution is -2.34. The van der Waals surface area contributed by atoms with Crippen molar-refractivity contribution in [1.29, 1.82) is 0 Å². The molecule has 27 heavy (non-hydrogen) atoms. The van der Waals surface area contributed by atoms with Gasteiger partial charge < -0.3 is 15.2 Å². The van der Waals surface area contributed by atoms with Crippen LogP contribution in [0.1, 0.15) is 28.7 Å². The normalized spacial score (nSPS) is 11.7. The third-order valence-corrected chi connectivity index (χ3v) is 4.67. The molecule has 0 spiro atoms. The van der Waals surface area contributed by atoms with Crippen LogP contribution in [0.5, 0.6) is 5.75 Å². The summed E-state index contributed by atoms with van der Waals surface area (Å²) in [6.07, 6.45) is 1.28. The number of amides is 1. The fraction of sp³-hybridized carbons (Fsp3) is 0.364. The van der Waals surface area contributed by atoms with Crippen LogP contribution in [-0.4, -0.2) is 30.6 Å². The molecular weight excluding hydrogens is 342 g/mol. The molecule has 0 heterocycles. The van der Waals surface area contributed by atoms with E-state index < -0.39 is 11.9 Å². The number of benzene rings is 2. The molecule has 144 valence electrons. The number of aliphatic carboxylic acids is 1. The Kier molecular flexibility index (Phi) is 7.41. The van der Waals surface area contributed by atoms with Gasteiger partial charge in [-0.3, -0.25) is 9.59 Å². The first-order valence-corrected chi connectivity index (χ1v) is 9.08. The largest absolute Gasteiger partial charge is 0.496 e. The summed E-state index contributed by atoms with van der Waals surface area (Å²) in [6, 6.07) is 13.5. The van der Waals surface area contributed by atoms with E-state index in [2.05, 4.69) is 11.4 Å². The first-order chi connectivity index (χ1) is 12.9. The van der Waals surface area contributed by atoms with Crippen LogP contribution in [0.3, 0.4) is 0 Å². The van der Waals surface area contributed by atoms with Crippen molar-refractivity contribution in [2.45, 2.75) is 33.1 Å². The molecule has 0 fully saturated rings. The van der Waals surface area contributed by atoms with Crippen molar-refractivity contribution in [3.8, 4) is 5.75 Å². The number of aryl methyl sites for hydroxylation is 3. The Morgan fingerprint density at radius 3 is 2.52 bits per heavy atom. The maximum absolute atomic E-state index is 12.2. The van der Waals surface area contributed by atoms with E-state index in [9.17, 15) is 14.7 Å². The molecule has 0 aliphatic carbocycles. The van der Waals surface area contributed by atoms with Crippen LogP contribution in [0.2, 0.25) is 0 Å². The van der Waals surface area contributed by atoms with Gasteiger partial charge in [-0.15, -0.1) is 0 Å². The van der Waals surface area contributed by atoms with E-state index in [1.807, 2.05) is 44.2 Å². The van der Waals surface area contributed by atoms with Crippen LogP contribution in [0.15, 0.2) is 42.5 Å². The molecule has 5 heteroatoms. The fourth-order valence-electron chi connectivity index (χ4n) is 3.08. The molecular formula is C22H27NO4. The minimum Gasteiger partial charge on any atom is -0.496 e. The second-order valence-electron chi connectivity index (χ2n) is 6.79. The van der Waals surface area contributed by atoms with E-state index >= 15 is 0 Å². The Labute approximate surface area is 160 Å². The lowest BCUT2D eigenvalue weighted by molar-refractivity contribution is -0.141. The van der Waals surface area contributed by atoms with Crippen LogP contribution in [0.4, 0.5) is 0 Å². The van der Waals surface area contributed by atoms with E-state index in [0.717, 1.165) is 11.1 Å². The van der Waals surface area contributed by atoms with Crippen LogP contribution < -0.4 is 10.1 Å². The number of rotatable bonds is 9. The number of para-hydroxylation sites is 1. The van der Waals surface area contributed by atoms with Gasteiger partial charge in [0.25, 0.3) is 0 Å². The summed E-state index contributed by atoms with van der Waals surface area (Å²) in [5, 5.41) is 12.3. The van der Waals surface area contributed by atoms with E-state index in [4.69, 9.17) is 4.74 Å². The quantitative estimate of drug-likeness (QED) is 0.711. The molecule has 0 radical (unpaired) electrons. The molecule has 0 saturated heterocycles. The number of carbonyl (C=O) groups is 2. The monoisotopic (exact) mass is 369 g/mol. The van der Waals surface area contributed by atoms with E-state index in [1.165, 1.54) is 11.1 Å². The number of hydrogen-bond acceptors (Lipinski definition) is 3. The zero-order chi connectivity index (χ0) is 19.8. The Bertz CT molecular complexity index is 801. The Morgan fingerprint density at radius 2 is 1.85 bits per heavy atom. The van der Waals surface area contributed by atoms with Gasteiger partial charge in [0.2, 0.25) is 5.91 Å². The summed E-state index contributed by atoms with van der Waals surface area (Å²) in [5.41, 5.74) is 4.32. The maximum Gasteiger partial charge on any atom is 0.308 e. The smallest absolute Gasteiger partial charge is 0.308 e. The van der Waals surface area contributed by atoms with Crippen molar-refractivity contribution >= 4 is 11.9 Å². The number of hydrogen-bond donors (Lipinski definition) is 2. The molecule has 0 bridgehead atoms. The summed E-state index contributed by atoms with van der Waals surface area (Å²) >= 11 is 0. The minimum absolute atomic E-state index is 0.0963. The number of carbonyl (C=O) groups excluding carboxylic acids is 1. The highest BCUT2D eigenvalue weighted by molar-refractivity contribution is 5.77.